The Morgan fingerprint density at radius 3 is 1.71 bits per heavy atom. The highest BCUT2D eigenvalue weighted by molar-refractivity contribution is 7.53. The lowest BCUT2D eigenvalue weighted by Crippen LogP contribution is -2.28. The number of hydrogen-bond acceptors (Lipinski definition) is 7. The molecule has 0 spiro atoms. The molecule has 0 bridgehead atoms. The van der Waals surface area contributed by atoms with Gasteiger partial charge in [0.1, 0.15) is 0 Å². The zero-order chi connectivity index (χ0) is 22.7. The predicted octanol–water partition coefficient (Wildman–Crippen LogP) is 4.30. The minimum atomic E-state index is -3.89. The molecule has 0 N–H and O–H groups in total. The molecule has 0 unspecified atom stereocenters. The quantitative estimate of drug-likeness (QED) is 0.350. The summed E-state index contributed by atoms with van der Waals surface area (Å²) in [5, 5.41) is 0. The van der Waals surface area contributed by atoms with Gasteiger partial charge in [0.05, 0.1) is 39.5 Å². The van der Waals surface area contributed by atoms with Crippen molar-refractivity contribution in [2.45, 2.75) is 25.8 Å². The summed E-state index contributed by atoms with van der Waals surface area (Å²) in [5.74, 6) is -3.17. The van der Waals surface area contributed by atoms with Crippen LogP contribution in [0.15, 0.2) is 60.7 Å². The number of hydrogen-bond donors (Lipinski definition) is 0. The van der Waals surface area contributed by atoms with E-state index in [1.165, 1.54) is 0 Å². The summed E-state index contributed by atoms with van der Waals surface area (Å²) in [6.45, 7) is -0.0618. The maximum Gasteiger partial charge on any atom is 0.340 e. The van der Waals surface area contributed by atoms with Gasteiger partial charge in [-0.05, 0) is 11.1 Å². The fraction of sp³-hybridized carbons (Fsp3) is 0.364. The summed E-state index contributed by atoms with van der Waals surface area (Å²) in [7, 11) is -1.72. The molecule has 2 rings (SSSR count). The van der Waals surface area contributed by atoms with Crippen LogP contribution in [0.1, 0.15) is 17.5 Å². The van der Waals surface area contributed by atoms with Crippen molar-refractivity contribution in [3.8, 4) is 0 Å². The molecular formula is C22H26FO7P. The Kier molecular flexibility index (Phi) is 9.85. The maximum absolute atomic E-state index is 14.2. The molecule has 0 aliphatic rings. The second-order valence-corrected chi connectivity index (χ2v) is 8.86. The Morgan fingerprint density at radius 2 is 1.29 bits per heavy atom. The van der Waals surface area contributed by atoms with Crippen LogP contribution in [0.4, 0.5) is 4.39 Å². The second kappa shape index (κ2) is 12.3. The molecule has 2 aromatic carbocycles. The average molecular weight is 452 g/mol. The smallest absolute Gasteiger partial charge is 0.340 e. The van der Waals surface area contributed by atoms with Gasteiger partial charge in [0.2, 0.25) is 0 Å². The van der Waals surface area contributed by atoms with E-state index in [2.05, 4.69) is 4.74 Å². The molecular weight excluding hydrogens is 426 g/mol. The van der Waals surface area contributed by atoms with Crippen molar-refractivity contribution in [2.75, 3.05) is 20.4 Å². The van der Waals surface area contributed by atoms with Crippen LogP contribution in [0.5, 0.6) is 0 Å². The number of carbonyl (C=O) groups excluding carboxylic acids is 2. The third-order valence-corrected chi connectivity index (χ3v) is 6.40. The number of alkyl halides is 1. The molecule has 0 aliphatic carbocycles. The Bertz CT molecular complexity index is 828. The van der Waals surface area contributed by atoms with Crippen molar-refractivity contribution in [3.05, 3.63) is 71.8 Å². The van der Waals surface area contributed by atoms with Gasteiger partial charge in [-0.25, -0.2) is 9.18 Å². The van der Waals surface area contributed by atoms with Crippen LogP contribution in [0.25, 0.3) is 0 Å². The molecule has 7 nitrogen and oxygen atoms in total. The van der Waals surface area contributed by atoms with Gasteiger partial charge in [0.15, 0.2) is 6.17 Å². The highest BCUT2D eigenvalue weighted by atomic mass is 31.2. The van der Waals surface area contributed by atoms with Crippen LogP contribution in [0.2, 0.25) is 0 Å². The zero-order valence-corrected chi connectivity index (χ0v) is 18.3. The van der Waals surface area contributed by atoms with Gasteiger partial charge in [-0.15, -0.1) is 0 Å². The Labute approximate surface area is 181 Å². The third-order valence-electron chi connectivity index (χ3n) is 4.47. The number of benzene rings is 2. The lowest BCUT2D eigenvalue weighted by molar-refractivity contribution is -0.150. The van der Waals surface area contributed by atoms with E-state index < -0.39 is 44.2 Å². The number of methoxy groups -OCH3 is 2. The van der Waals surface area contributed by atoms with Gasteiger partial charge in [-0.2, -0.15) is 0 Å². The van der Waals surface area contributed by atoms with Crippen molar-refractivity contribution in [1.29, 1.82) is 0 Å². The van der Waals surface area contributed by atoms with Crippen LogP contribution in [-0.4, -0.2) is 38.5 Å². The summed E-state index contributed by atoms with van der Waals surface area (Å²) >= 11 is 0. The number of ether oxygens (including phenoxy) is 2. The monoisotopic (exact) mass is 452 g/mol. The topological polar surface area (TPSA) is 88.1 Å². The third kappa shape index (κ3) is 8.25. The van der Waals surface area contributed by atoms with Gasteiger partial charge >= 0.3 is 19.5 Å². The molecule has 168 valence electrons. The van der Waals surface area contributed by atoms with E-state index in [0.717, 1.165) is 25.3 Å². The molecule has 0 aliphatic heterocycles. The van der Waals surface area contributed by atoms with Crippen molar-refractivity contribution >= 4 is 19.5 Å². The number of rotatable bonds is 12. The summed E-state index contributed by atoms with van der Waals surface area (Å²) in [4.78, 5) is 23.7. The highest BCUT2D eigenvalue weighted by Crippen LogP contribution is 2.52. The molecule has 2 atom stereocenters. The summed E-state index contributed by atoms with van der Waals surface area (Å²) in [6.07, 6.45) is -3.09. The minimum Gasteiger partial charge on any atom is -0.469 e. The van der Waals surface area contributed by atoms with Crippen LogP contribution in [0, 0.1) is 5.92 Å². The van der Waals surface area contributed by atoms with E-state index in [1.807, 2.05) is 12.1 Å². The maximum atomic E-state index is 14.2. The molecule has 0 radical (unpaired) electrons. The van der Waals surface area contributed by atoms with Crippen LogP contribution in [0.3, 0.4) is 0 Å². The molecule has 0 heterocycles. The molecule has 0 saturated heterocycles. The van der Waals surface area contributed by atoms with E-state index in [1.54, 1.807) is 48.5 Å². The first-order valence-corrected chi connectivity index (χ1v) is 11.4. The van der Waals surface area contributed by atoms with Crippen molar-refractivity contribution < 1.29 is 37.1 Å². The first-order chi connectivity index (χ1) is 14.9. The van der Waals surface area contributed by atoms with Crippen LogP contribution < -0.4 is 0 Å². The lowest BCUT2D eigenvalue weighted by atomic mass is 10.0. The van der Waals surface area contributed by atoms with Crippen molar-refractivity contribution in [3.63, 3.8) is 0 Å². The fourth-order valence-electron chi connectivity index (χ4n) is 2.79. The number of carbonyl (C=O) groups is 2. The lowest BCUT2D eigenvalue weighted by Gasteiger charge is -2.23. The summed E-state index contributed by atoms with van der Waals surface area (Å²) < 4.78 is 48.0. The van der Waals surface area contributed by atoms with Gasteiger partial charge in [-0.3, -0.25) is 9.36 Å². The molecule has 9 heteroatoms. The van der Waals surface area contributed by atoms with Crippen molar-refractivity contribution in [1.82, 2.24) is 0 Å². The van der Waals surface area contributed by atoms with Gasteiger partial charge < -0.3 is 18.5 Å². The SMILES string of the molecule is COC(=O)[C@H](C[C@H](F)C(=O)OC)CP(=O)(OCc1ccccc1)OCc1ccccc1. The summed E-state index contributed by atoms with van der Waals surface area (Å²) in [6, 6.07) is 18.0. The number of esters is 2. The van der Waals surface area contributed by atoms with E-state index in [9.17, 15) is 18.5 Å². The second-order valence-electron chi connectivity index (χ2n) is 6.76. The van der Waals surface area contributed by atoms with Crippen LogP contribution >= 0.6 is 7.60 Å². The number of halogens is 1. The van der Waals surface area contributed by atoms with Gasteiger partial charge in [0.25, 0.3) is 0 Å². The predicted molar refractivity (Wildman–Crippen MR) is 112 cm³/mol. The Hall–Kier alpha value is -2.54. The first-order valence-electron chi connectivity index (χ1n) is 9.62. The average Bonchev–Trinajstić information content (AvgIpc) is 2.81. The normalized spacial score (nSPS) is 13.3. The Balaban J connectivity index is 2.19. The molecule has 0 amide bonds. The first kappa shape index (κ1) is 24.7. The minimum absolute atomic E-state index is 0.0309. The largest absolute Gasteiger partial charge is 0.469 e. The summed E-state index contributed by atoms with van der Waals surface area (Å²) in [5.41, 5.74) is 1.50. The van der Waals surface area contributed by atoms with E-state index in [4.69, 9.17) is 13.8 Å². The fourth-order valence-corrected chi connectivity index (χ4v) is 4.61. The van der Waals surface area contributed by atoms with Gasteiger partial charge in [0, 0.05) is 6.42 Å². The molecule has 0 aromatic heterocycles. The van der Waals surface area contributed by atoms with Gasteiger partial charge in [-0.1, -0.05) is 60.7 Å². The van der Waals surface area contributed by atoms with Crippen LogP contribution in [-0.2, 0) is 45.9 Å². The van der Waals surface area contributed by atoms with Crippen molar-refractivity contribution in [2.24, 2.45) is 5.92 Å². The van der Waals surface area contributed by atoms with E-state index >= 15 is 0 Å². The Morgan fingerprint density at radius 1 is 0.839 bits per heavy atom. The molecule has 0 saturated carbocycles. The molecule has 0 fully saturated rings. The van der Waals surface area contributed by atoms with E-state index in [-0.39, 0.29) is 13.2 Å². The standard InChI is InChI=1S/C22H26FO7P/c1-27-21(24)19(13-20(23)22(25)28-2)16-31(26,29-14-17-9-5-3-6-10-17)30-15-18-11-7-4-8-12-18/h3-12,19-20H,13-16H2,1-2H3/t19-,20+/m1/s1. The zero-order valence-electron chi connectivity index (χ0n) is 17.4. The highest BCUT2D eigenvalue weighted by Gasteiger charge is 2.37. The van der Waals surface area contributed by atoms with E-state index in [0.29, 0.717) is 0 Å². The molecule has 31 heavy (non-hydrogen) atoms. The molecule has 2 aromatic rings.